The van der Waals surface area contributed by atoms with Gasteiger partial charge in [0.15, 0.2) is 0 Å². The molecule has 0 radical (unpaired) electrons. The minimum Gasteiger partial charge on any atom is -0.447 e. The first-order chi connectivity index (χ1) is 12.6. The molecule has 0 bridgehead atoms. The Morgan fingerprint density at radius 2 is 1.63 bits per heavy atom. The first kappa shape index (κ1) is 22.8. The van der Waals surface area contributed by atoms with E-state index in [0.29, 0.717) is 17.2 Å². The lowest BCUT2D eigenvalue weighted by Gasteiger charge is -2.24. The van der Waals surface area contributed by atoms with Crippen molar-refractivity contribution in [1.82, 2.24) is 10.6 Å². The summed E-state index contributed by atoms with van der Waals surface area (Å²) >= 11 is 5.80. The van der Waals surface area contributed by atoms with E-state index >= 15 is 0 Å². The Morgan fingerprint density at radius 1 is 1.04 bits per heavy atom. The van der Waals surface area contributed by atoms with Crippen LogP contribution in [0.5, 0.6) is 5.75 Å². The monoisotopic (exact) mass is 398 g/mol. The van der Waals surface area contributed by atoms with Gasteiger partial charge in [0.1, 0.15) is 17.8 Å². The van der Waals surface area contributed by atoms with Gasteiger partial charge in [0.25, 0.3) is 0 Å². The number of hydrogen-bond donors (Lipinski definition) is 2. The molecule has 2 amide bonds. The molecule has 1 rings (SSSR count). The molecule has 0 fully saturated rings. The van der Waals surface area contributed by atoms with Crippen molar-refractivity contribution in [3.63, 3.8) is 0 Å². The maximum atomic E-state index is 12.6. The van der Waals surface area contributed by atoms with Crippen LogP contribution in [0.2, 0.25) is 5.02 Å². The third-order valence-corrected chi connectivity index (χ3v) is 3.86. The van der Waals surface area contributed by atoms with E-state index in [0.717, 1.165) is 0 Å². The summed E-state index contributed by atoms with van der Waals surface area (Å²) in [5.41, 5.74) is 0. The van der Waals surface area contributed by atoms with Crippen LogP contribution in [0.1, 0.15) is 41.0 Å². The van der Waals surface area contributed by atoms with Crippen molar-refractivity contribution in [3.05, 3.63) is 29.3 Å². The second kappa shape index (κ2) is 10.8. The van der Waals surface area contributed by atoms with Gasteiger partial charge in [0, 0.05) is 5.02 Å². The smallest absolute Gasteiger partial charge is 0.408 e. The third-order valence-electron chi connectivity index (χ3n) is 3.61. The summed E-state index contributed by atoms with van der Waals surface area (Å²) < 4.78 is 10.3. The SMILES string of the molecule is CC[C@@H](NC(=O)[C@@H](NC(=O)OC(C)C)C(C)C)C(=O)Oc1ccc(Cl)cc1. The highest BCUT2D eigenvalue weighted by Crippen LogP contribution is 2.16. The van der Waals surface area contributed by atoms with Gasteiger partial charge in [0.2, 0.25) is 5.91 Å². The predicted molar refractivity (Wildman–Crippen MR) is 103 cm³/mol. The van der Waals surface area contributed by atoms with Gasteiger partial charge >= 0.3 is 12.1 Å². The lowest BCUT2D eigenvalue weighted by Crippen LogP contribution is -2.54. The number of hydrogen-bond acceptors (Lipinski definition) is 5. The Hall–Kier alpha value is -2.28. The van der Waals surface area contributed by atoms with Gasteiger partial charge < -0.3 is 20.1 Å². The number of rotatable bonds is 8. The van der Waals surface area contributed by atoms with Crippen LogP contribution in [-0.2, 0) is 14.3 Å². The van der Waals surface area contributed by atoms with Gasteiger partial charge in [-0.15, -0.1) is 0 Å². The second-order valence-corrected chi connectivity index (χ2v) is 7.10. The van der Waals surface area contributed by atoms with Gasteiger partial charge in [-0.3, -0.25) is 4.79 Å². The van der Waals surface area contributed by atoms with Gasteiger partial charge in [0.05, 0.1) is 6.10 Å². The zero-order chi connectivity index (χ0) is 20.6. The summed E-state index contributed by atoms with van der Waals surface area (Å²) in [5, 5.41) is 5.68. The number of ether oxygens (including phenoxy) is 2. The zero-order valence-corrected chi connectivity index (χ0v) is 17.0. The minimum absolute atomic E-state index is 0.200. The van der Waals surface area contributed by atoms with E-state index in [1.165, 1.54) is 0 Å². The summed E-state index contributed by atoms with van der Waals surface area (Å²) in [5.74, 6) is -0.948. The molecule has 1 aromatic rings. The summed E-state index contributed by atoms with van der Waals surface area (Å²) in [6.07, 6.45) is -0.659. The van der Waals surface area contributed by atoms with Gasteiger partial charge in [-0.2, -0.15) is 0 Å². The summed E-state index contributed by atoms with van der Waals surface area (Å²) in [4.78, 5) is 36.7. The molecule has 0 unspecified atom stereocenters. The quantitative estimate of drug-likeness (QED) is 0.517. The third kappa shape index (κ3) is 7.86. The Balaban J connectivity index is 2.74. The van der Waals surface area contributed by atoms with E-state index in [9.17, 15) is 14.4 Å². The Bertz CT molecular complexity index is 646. The van der Waals surface area contributed by atoms with Crippen LogP contribution in [0, 0.1) is 5.92 Å². The zero-order valence-electron chi connectivity index (χ0n) is 16.2. The second-order valence-electron chi connectivity index (χ2n) is 6.66. The lowest BCUT2D eigenvalue weighted by molar-refractivity contribution is -0.140. The normalized spacial score (nSPS) is 13.0. The molecule has 1 aromatic carbocycles. The molecule has 0 heterocycles. The van der Waals surface area contributed by atoms with Crippen molar-refractivity contribution in [2.24, 2.45) is 5.92 Å². The molecule has 7 nitrogen and oxygen atoms in total. The number of nitrogens with one attached hydrogen (secondary N) is 2. The fraction of sp³-hybridized carbons (Fsp3) is 0.526. The first-order valence-electron chi connectivity index (χ1n) is 8.88. The molecular weight excluding hydrogens is 372 g/mol. The maximum Gasteiger partial charge on any atom is 0.408 e. The van der Waals surface area contributed by atoms with Crippen LogP contribution >= 0.6 is 11.6 Å². The number of carbonyl (C=O) groups excluding carboxylic acids is 3. The van der Waals surface area contributed by atoms with Crippen molar-refractivity contribution in [3.8, 4) is 5.75 Å². The van der Waals surface area contributed by atoms with Gasteiger partial charge in [-0.1, -0.05) is 32.4 Å². The first-order valence-corrected chi connectivity index (χ1v) is 9.26. The standard InChI is InChI=1S/C19H27ClN2O5/c1-6-15(18(24)27-14-9-7-13(20)8-10-14)21-17(23)16(11(2)3)22-19(25)26-12(4)5/h7-12,15-16H,6H2,1-5H3,(H,21,23)(H,22,25)/t15-,16+/m1/s1. The number of alkyl carbamates (subject to hydrolysis) is 1. The van der Waals surface area contributed by atoms with E-state index in [1.807, 2.05) is 0 Å². The van der Waals surface area contributed by atoms with Crippen molar-refractivity contribution in [1.29, 1.82) is 0 Å². The molecule has 0 aromatic heterocycles. The molecular formula is C19H27ClN2O5. The molecule has 2 atom stereocenters. The van der Waals surface area contributed by atoms with Crippen LogP contribution < -0.4 is 15.4 Å². The van der Waals surface area contributed by atoms with Crippen molar-refractivity contribution in [2.45, 2.75) is 59.2 Å². The molecule has 8 heteroatoms. The highest BCUT2D eigenvalue weighted by Gasteiger charge is 2.29. The van der Waals surface area contributed by atoms with Crippen molar-refractivity contribution >= 4 is 29.6 Å². The molecule has 2 N–H and O–H groups in total. The Morgan fingerprint density at radius 3 is 2.11 bits per heavy atom. The minimum atomic E-state index is -0.850. The average Bonchev–Trinajstić information content (AvgIpc) is 2.58. The molecule has 0 aliphatic heterocycles. The summed E-state index contributed by atoms with van der Waals surface area (Å²) in [7, 11) is 0. The predicted octanol–water partition coefficient (Wildman–Crippen LogP) is 3.30. The highest BCUT2D eigenvalue weighted by atomic mass is 35.5. The fourth-order valence-corrected chi connectivity index (χ4v) is 2.32. The largest absolute Gasteiger partial charge is 0.447 e. The molecule has 0 saturated carbocycles. The molecule has 0 aliphatic rings. The van der Waals surface area contributed by atoms with Crippen LogP contribution in [0.15, 0.2) is 24.3 Å². The Labute approximate surface area is 164 Å². The fourth-order valence-electron chi connectivity index (χ4n) is 2.19. The maximum absolute atomic E-state index is 12.6. The topological polar surface area (TPSA) is 93.7 Å². The van der Waals surface area contributed by atoms with E-state index in [1.54, 1.807) is 58.9 Å². The number of benzene rings is 1. The Kier molecular flexibility index (Phi) is 9.08. The summed E-state index contributed by atoms with van der Waals surface area (Å²) in [6.45, 7) is 8.74. The number of esters is 1. The number of halogens is 1. The number of carbonyl (C=O) groups is 3. The van der Waals surface area contributed by atoms with Crippen molar-refractivity contribution < 1.29 is 23.9 Å². The van der Waals surface area contributed by atoms with E-state index < -0.39 is 30.1 Å². The molecule has 27 heavy (non-hydrogen) atoms. The van der Waals surface area contributed by atoms with E-state index in [2.05, 4.69) is 10.6 Å². The number of amides is 2. The molecule has 0 aliphatic carbocycles. The van der Waals surface area contributed by atoms with Gasteiger partial charge in [-0.25, -0.2) is 9.59 Å². The lowest BCUT2D eigenvalue weighted by atomic mass is 10.0. The highest BCUT2D eigenvalue weighted by molar-refractivity contribution is 6.30. The van der Waals surface area contributed by atoms with E-state index in [-0.39, 0.29) is 12.0 Å². The average molecular weight is 399 g/mol. The molecule has 0 spiro atoms. The molecule has 150 valence electrons. The van der Waals surface area contributed by atoms with Crippen LogP contribution in [-0.4, -0.2) is 36.2 Å². The molecule has 0 saturated heterocycles. The van der Waals surface area contributed by atoms with Crippen molar-refractivity contribution in [2.75, 3.05) is 0 Å². The van der Waals surface area contributed by atoms with Crippen LogP contribution in [0.4, 0.5) is 4.79 Å². The van der Waals surface area contributed by atoms with E-state index in [4.69, 9.17) is 21.1 Å². The summed E-state index contributed by atoms with van der Waals surface area (Å²) in [6, 6.07) is 4.64. The van der Waals surface area contributed by atoms with Gasteiger partial charge in [-0.05, 0) is 50.5 Å². The van der Waals surface area contributed by atoms with Crippen LogP contribution in [0.25, 0.3) is 0 Å². The van der Waals surface area contributed by atoms with Crippen LogP contribution in [0.3, 0.4) is 0 Å².